The van der Waals surface area contributed by atoms with Gasteiger partial charge < -0.3 is 24.9 Å². The van der Waals surface area contributed by atoms with Crippen LogP contribution < -0.4 is 15.0 Å². The van der Waals surface area contributed by atoms with Gasteiger partial charge in [-0.3, -0.25) is 9.59 Å². The van der Waals surface area contributed by atoms with Crippen molar-refractivity contribution >= 4 is 40.6 Å². The number of carboxylic acids is 1. The van der Waals surface area contributed by atoms with Crippen LogP contribution in [-0.4, -0.2) is 43.0 Å². The Balaban J connectivity index is 1.64. The zero-order valence-corrected chi connectivity index (χ0v) is 21.4. The van der Waals surface area contributed by atoms with Crippen molar-refractivity contribution in [3.8, 4) is 5.75 Å². The van der Waals surface area contributed by atoms with Crippen molar-refractivity contribution < 1.29 is 24.3 Å². The van der Waals surface area contributed by atoms with E-state index in [1.165, 1.54) is 0 Å². The minimum atomic E-state index is -0.959. The number of aliphatic carboxylic acids is 1. The zero-order valence-electron chi connectivity index (χ0n) is 20.6. The van der Waals surface area contributed by atoms with Crippen molar-refractivity contribution in [2.75, 3.05) is 30.5 Å². The molecular formula is C28H28ClN3O5. The first kappa shape index (κ1) is 26.0. The van der Waals surface area contributed by atoms with E-state index in [0.29, 0.717) is 34.3 Å². The number of carbonyl (C=O) groups is 2. The minimum Gasteiger partial charge on any atom is -0.497 e. The number of nitrogens with zero attached hydrogens (tertiary/aromatic N) is 2. The van der Waals surface area contributed by atoms with Crippen molar-refractivity contribution in [3.05, 3.63) is 88.4 Å². The second-order valence-electron chi connectivity index (χ2n) is 8.60. The number of oxime groups is 1. The molecule has 1 heterocycles. The maximum atomic E-state index is 13.9. The lowest BCUT2D eigenvalue weighted by Gasteiger charge is -2.26. The van der Waals surface area contributed by atoms with E-state index in [4.69, 9.17) is 26.3 Å². The topological polar surface area (TPSA) is 100 Å². The minimum absolute atomic E-state index is 0.0355. The number of nitrogens with one attached hydrogen (secondary N) is 1. The molecule has 0 aromatic heterocycles. The van der Waals surface area contributed by atoms with Crippen LogP contribution in [0, 0.1) is 0 Å². The first-order chi connectivity index (χ1) is 17.9. The largest absolute Gasteiger partial charge is 0.497 e. The van der Waals surface area contributed by atoms with Crippen molar-refractivity contribution in [2.24, 2.45) is 5.16 Å². The fraction of sp³-hybridized carbons (Fsp3) is 0.250. The quantitative estimate of drug-likeness (QED) is 0.213. The van der Waals surface area contributed by atoms with Gasteiger partial charge in [0.25, 0.3) is 5.91 Å². The average molecular weight is 522 g/mol. The number of benzene rings is 3. The molecule has 8 nitrogen and oxygen atoms in total. The molecule has 0 fully saturated rings. The highest BCUT2D eigenvalue weighted by atomic mass is 35.5. The van der Waals surface area contributed by atoms with Crippen LogP contribution in [-0.2, 0) is 20.8 Å². The van der Waals surface area contributed by atoms with E-state index in [1.807, 2.05) is 47.4 Å². The van der Waals surface area contributed by atoms with Gasteiger partial charge in [0.2, 0.25) is 0 Å². The molecular weight excluding hydrogens is 494 g/mol. The summed E-state index contributed by atoms with van der Waals surface area (Å²) in [6, 6.07) is 19.9. The predicted octanol–water partition coefficient (Wildman–Crippen LogP) is 5.31. The molecule has 192 valence electrons. The van der Waals surface area contributed by atoms with E-state index in [-0.39, 0.29) is 18.9 Å². The lowest BCUT2D eigenvalue weighted by Crippen LogP contribution is -2.37. The molecule has 0 aliphatic carbocycles. The number of amides is 1. The van der Waals surface area contributed by atoms with Crippen LogP contribution in [0.25, 0.3) is 0 Å². The summed E-state index contributed by atoms with van der Waals surface area (Å²) < 4.78 is 5.49. The summed E-state index contributed by atoms with van der Waals surface area (Å²) in [5, 5.41) is 16.8. The van der Waals surface area contributed by atoms with Gasteiger partial charge in [0, 0.05) is 34.6 Å². The molecule has 0 bridgehead atoms. The van der Waals surface area contributed by atoms with E-state index in [0.717, 1.165) is 23.2 Å². The molecule has 0 saturated heterocycles. The number of anilines is 2. The molecule has 0 radical (unpaired) electrons. The lowest BCUT2D eigenvalue weighted by molar-refractivity contribution is -0.138. The molecule has 3 aromatic rings. The highest BCUT2D eigenvalue weighted by Crippen LogP contribution is 2.33. The Kier molecular flexibility index (Phi) is 8.30. The van der Waals surface area contributed by atoms with Gasteiger partial charge in [0.05, 0.1) is 19.2 Å². The molecule has 0 spiro atoms. The number of ether oxygens (including phenoxy) is 1. The fourth-order valence-corrected chi connectivity index (χ4v) is 4.30. The van der Waals surface area contributed by atoms with Gasteiger partial charge in [0.1, 0.15) is 18.4 Å². The summed E-state index contributed by atoms with van der Waals surface area (Å²) in [6.45, 7) is 2.32. The van der Waals surface area contributed by atoms with Gasteiger partial charge >= 0.3 is 5.97 Å². The third-order valence-corrected chi connectivity index (χ3v) is 6.34. The van der Waals surface area contributed by atoms with Crippen molar-refractivity contribution in [3.63, 3.8) is 0 Å². The van der Waals surface area contributed by atoms with E-state index in [2.05, 4.69) is 10.5 Å². The number of methoxy groups -OCH3 is 1. The number of carboxylic acid groups (broad SMARTS) is 1. The summed E-state index contributed by atoms with van der Waals surface area (Å²) in [5.74, 6) is -0.479. The first-order valence-electron chi connectivity index (χ1n) is 11.8. The maximum absolute atomic E-state index is 13.9. The Bertz CT molecular complexity index is 1310. The third-order valence-electron chi connectivity index (χ3n) is 6.08. The van der Waals surface area contributed by atoms with Gasteiger partial charge in [-0.25, -0.2) is 0 Å². The van der Waals surface area contributed by atoms with Gasteiger partial charge in [-0.2, -0.15) is 0 Å². The Hall–Kier alpha value is -4.04. The molecule has 9 heteroatoms. The zero-order chi connectivity index (χ0) is 26.4. The highest BCUT2D eigenvalue weighted by Gasteiger charge is 2.31. The lowest BCUT2D eigenvalue weighted by atomic mass is 10.0. The Morgan fingerprint density at radius 3 is 2.62 bits per heavy atom. The Labute approximate surface area is 220 Å². The molecule has 1 amide bonds. The summed E-state index contributed by atoms with van der Waals surface area (Å²) in [4.78, 5) is 31.6. The normalized spacial score (nSPS) is 13.6. The molecule has 1 aliphatic heterocycles. The molecule has 37 heavy (non-hydrogen) atoms. The smallest absolute Gasteiger partial charge is 0.306 e. The average Bonchev–Trinajstić information content (AvgIpc) is 3.34. The fourth-order valence-electron chi connectivity index (χ4n) is 4.17. The number of hydrogen-bond acceptors (Lipinski definition) is 6. The van der Waals surface area contributed by atoms with Crippen molar-refractivity contribution in [1.29, 1.82) is 0 Å². The molecule has 1 atom stereocenters. The summed E-state index contributed by atoms with van der Waals surface area (Å²) in [5.41, 5.74) is 4.71. The van der Waals surface area contributed by atoms with Gasteiger partial charge in [0.15, 0.2) is 0 Å². The summed E-state index contributed by atoms with van der Waals surface area (Å²) >= 11 is 6.12. The first-order valence-corrected chi connectivity index (χ1v) is 12.2. The third kappa shape index (κ3) is 6.40. The van der Waals surface area contributed by atoms with Crippen LogP contribution in [0.4, 0.5) is 11.4 Å². The number of carbonyl (C=O) groups excluding carboxylic acids is 1. The maximum Gasteiger partial charge on any atom is 0.306 e. The van der Waals surface area contributed by atoms with Crippen molar-refractivity contribution in [2.45, 2.75) is 25.8 Å². The second-order valence-corrected chi connectivity index (χ2v) is 9.04. The van der Waals surface area contributed by atoms with Crippen LogP contribution >= 0.6 is 11.6 Å². The number of fused-ring (bicyclic) bond motifs is 1. The molecule has 4 rings (SSSR count). The van der Waals surface area contributed by atoms with Crippen LogP contribution in [0.1, 0.15) is 36.1 Å². The monoisotopic (exact) mass is 521 g/mol. The van der Waals surface area contributed by atoms with Gasteiger partial charge in [-0.05, 0) is 54.8 Å². The number of hydrogen-bond donors (Lipinski definition) is 2. The Morgan fingerprint density at radius 2 is 1.89 bits per heavy atom. The molecule has 0 saturated carbocycles. The summed E-state index contributed by atoms with van der Waals surface area (Å²) in [7, 11) is 1.56. The van der Waals surface area contributed by atoms with Crippen molar-refractivity contribution in [1.82, 2.24) is 0 Å². The van der Waals surface area contributed by atoms with E-state index < -0.39 is 12.0 Å². The van der Waals surface area contributed by atoms with Crippen LogP contribution in [0.2, 0.25) is 5.02 Å². The number of rotatable bonds is 10. The second kappa shape index (κ2) is 11.8. The van der Waals surface area contributed by atoms with Crippen LogP contribution in [0.5, 0.6) is 5.75 Å². The molecule has 2 N–H and O–H groups in total. The highest BCUT2D eigenvalue weighted by molar-refractivity contribution is 6.30. The summed E-state index contributed by atoms with van der Waals surface area (Å²) in [6.07, 6.45) is 0.655. The number of halogens is 1. The van der Waals surface area contributed by atoms with E-state index in [1.54, 1.807) is 38.3 Å². The molecule has 1 unspecified atom stereocenters. The SMILES string of the molecule is COc1cc(NC(C(=O)N2CCc3ccccc32)c2ccc(Cl)cc2)cc(C(C)=NOCCC(=O)O)c1. The van der Waals surface area contributed by atoms with Gasteiger partial charge in [-0.15, -0.1) is 0 Å². The van der Waals surface area contributed by atoms with Crippen LogP contribution in [0.15, 0.2) is 71.9 Å². The van der Waals surface area contributed by atoms with E-state index >= 15 is 0 Å². The van der Waals surface area contributed by atoms with Gasteiger partial charge in [-0.1, -0.05) is 47.1 Å². The Morgan fingerprint density at radius 1 is 1.14 bits per heavy atom. The standard InChI is InChI=1S/C28H28ClN3O5/c1-18(31-37-14-12-26(33)34)21-15-23(17-24(16-21)36-2)30-27(20-7-9-22(29)10-8-20)28(35)32-13-11-19-5-3-4-6-25(19)32/h3-10,15-17,27,30H,11-14H2,1-2H3,(H,33,34). The van der Waals surface area contributed by atoms with E-state index in [9.17, 15) is 9.59 Å². The number of para-hydroxylation sites is 1. The van der Waals surface area contributed by atoms with Crippen LogP contribution in [0.3, 0.4) is 0 Å². The molecule has 3 aromatic carbocycles. The predicted molar refractivity (Wildman–Crippen MR) is 144 cm³/mol. The molecule has 1 aliphatic rings.